The van der Waals surface area contributed by atoms with Crippen LogP contribution in [-0.4, -0.2) is 18.0 Å². The molecule has 0 atom stereocenters. The summed E-state index contributed by atoms with van der Waals surface area (Å²) >= 11 is 1.60. The van der Waals surface area contributed by atoms with Gasteiger partial charge in [-0.1, -0.05) is 6.07 Å². The first-order chi connectivity index (χ1) is 8.54. The maximum absolute atomic E-state index is 14.0. The Morgan fingerprint density at radius 3 is 2.72 bits per heavy atom. The number of nitrogens with zero attached hydrogens (tertiary/aromatic N) is 1. The molecule has 0 unspecified atom stereocenters. The van der Waals surface area contributed by atoms with Gasteiger partial charge in [0.05, 0.1) is 0 Å². The molecule has 0 spiro atoms. The zero-order valence-electron chi connectivity index (χ0n) is 11.0. The van der Waals surface area contributed by atoms with Crippen molar-refractivity contribution in [2.75, 3.05) is 7.05 Å². The molecule has 0 aliphatic heterocycles. The van der Waals surface area contributed by atoms with Gasteiger partial charge in [0.25, 0.3) is 0 Å². The van der Waals surface area contributed by atoms with Crippen LogP contribution in [0, 0.1) is 5.82 Å². The van der Waals surface area contributed by atoms with E-state index in [4.69, 9.17) is 5.73 Å². The highest BCUT2D eigenvalue weighted by Gasteiger charge is 2.16. The van der Waals surface area contributed by atoms with Crippen LogP contribution in [0.1, 0.15) is 24.3 Å². The number of hydrogen-bond acceptors (Lipinski definition) is 3. The highest BCUT2D eigenvalue weighted by atomic mass is 32.1. The van der Waals surface area contributed by atoms with Crippen LogP contribution in [0.3, 0.4) is 0 Å². The molecule has 1 heterocycles. The van der Waals surface area contributed by atoms with Crippen molar-refractivity contribution < 1.29 is 4.39 Å². The van der Waals surface area contributed by atoms with Crippen LogP contribution in [0.4, 0.5) is 4.39 Å². The van der Waals surface area contributed by atoms with E-state index >= 15 is 0 Å². The molecule has 4 heteroatoms. The summed E-state index contributed by atoms with van der Waals surface area (Å²) in [6, 6.07) is 5.66. The second-order valence-electron chi connectivity index (χ2n) is 4.83. The average Bonchev–Trinajstić information content (AvgIpc) is 2.68. The van der Waals surface area contributed by atoms with E-state index in [-0.39, 0.29) is 5.82 Å². The summed E-state index contributed by atoms with van der Waals surface area (Å²) in [4.78, 5) is 3.29. The smallest absolute Gasteiger partial charge is 0.132 e. The molecule has 0 amide bonds. The molecular formula is C14H19FN2S. The van der Waals surface area contributed by atoms with Crippen LogP contribution in [-0.2, 0) is 13.1 Å². The Hall–Kier alpha value is -0.970. The maximum Gasteiger partial charge on any atom is 0.132 e. The van der Waals surface area contributed by atoms with Gasteiger partial charge in [0.15, 0.2) is 0 Å². The standard InChI is InChI=1S/C14H19FN2S/c1-9(2)17(3)8-10-13(7-16)18-12-6-4-5-11(15)14(10)12/h4-6,9H,7-8,16H2,1-3H3. The summed E-state index contributed by atoms with van der Waals surface area (Å²) < 4.78 is 15.0. The maximum atomic E-state index is 14.0. The van der Waals surface area contributed by atoms with E-state index in [2.05, 4.69) is 25.8 Å². The van der Waals surface area contributed by atoms with Gasteiger partial charge in [-0.2, -0.15) is 0 Å². The minimum atomic E-state index is -0.143. The number of benzene rings is 1. The van der Waals surface area contributed by atoms with Crippen LogP contribution in [0.15, 0.2) is 18.2 Å². The lowest BCUT2D eigenvalue weighted by atomic mass is 10.1. The lowest BCUT2D eigenvalue weighted by Gasteiger charge is -2.21. The number of hydrogen-bond donors (Lipinski definition) is 1. The van der Waals surface area contributed by atoms with Crippen molar-refractivity contribution in [1.29, 1.82) is 0 Å². The number of rotatable bonds is 4. The lowest BCUT2D eigenvalue weighted by molar-refractivity contribution is 0.266. The fourth-order valence-electron chi connectivity index (χ4n) is 1.98. The van der Waals surface area contributed by atoms with E-state index in [9.17, 15) is 4.39 Å². The molecule has 18 heavy (non-hydrogen) atoms. The number of thiophene rings is 1. The van der Waals surface area contributed by atoms with Crippen molar-refractivity contribution in [2.45, 2.75) is 33.0 Å². The topological polar surface area (TPSA) is 29.3 Å². The van der Waals surface area contributed by atoms with Gasteiger partial charge < -0.3 is 5.73 Å². The minimum Gasteiger partial charge on any atom is -0.326 e. The SMILES string of the molecule is CC(C)N(C)Cc1c(CN)sc2cccc(F)c12. The lowest BCUT2D eigenvalue weighted by Crippen LogP contribution is -2.26. The summed E-state index contributed by atoms with van der Waals surface area (Å²) in [6.07, 6.45) is 0. The van der Waals surface area contributed by atoms with Gasteiger partial charge in [-0.05, 0) is 38.6 Å². The molecule has 1 aromatic carbocycles. The largest absolute Gasteiger partial charge is 0.326 e. The first kappa shape index (κ1) is 13.5. The Morgan fingerprint density at radius 1 is 1.39 bits per heavy atom. The Bertz CT molecular complexity index is 548. The van der Waals surface area contributed by atoms with Crippen molar-refractivity contribution in [3.05, 3.63) is 34.5 Å². The molecule has 2 nitrogen and oxygen atoms in total. The summed E-state index contributed by atoms with van der Waals surface area (Å²) in [5.41, 5.74) is 6.83. The molecule has 1 aromatic heterocycles. The summed E-state index contributed by atoms with van der Waals surface area (Å²) in [5, 5.41) is 0.746. The Morgan fingerprint density at radius 2 is 2.11 bits per heavy atom. The molecule has 2 N–H and O–H groups in total. The van der Waals surface area contributed by atoms with Crippen LogP contribution >= 0.6 is 11.3 Å². The van der Waals surface area contributed by atoms with Crippen LogP contribution in [0.5, 0.6) is 0 Å². The number of fused-ring (bicyclic) bond motifs is 1. The van der Waals surface area contributed by atoms with Crippen molar-refractivity contribution in [3.8, 4) is 0 Å². The third kappa shape index (κ3) is 2.41. The van der Waals surface area contributed by atoms with E-state index in [1.54, 1.807) is 17.4 Å². The van der Waals surface area contributed by atoms with E-state index < -0.39 is 0 Å². The predicted molar refractivity (Wildman–Crippen MR) is 76.3 cm³/mol. The second-order valence-corrected chi connectivity index (χ2v) is 5.97. The van der Waals surface area contributed by atoms with E-state index in [1.807, 2.05) is 6.07 Å². The highest BCUT2D eigenvalue weighted by molar-refractivity contribution is 7.19. The van der Waals surface area contributed by atoms with Crippen molar-refractivity contribution in [3.63, 3.8) is 0 Å². The molecule has 0 saturated carbocycles. The van der Waals surface area contributed by atoms with Crippen LogP contribution < -0.4 is 5.73 Å². The fraction of sp³-hybridized carbons (Fsp3) is 0.429. The summed E-state index contributed by atoms with van der Waals surface area (Å²) in [7, 11) is 2.05. The second kappa shape index (κ2) is 5.34. The third-order valence-corrected chi connectivity index (χ3v) is 4.54. The average molecular weight is 266 g/mol. The molecule has 0 radical (unpaired) electrons. The van der Waals surface area contributed by atoms with Gasteiger partial charge >= 0.3 is 0 Å². The zero-order valence-corrected chi connectivity index (χ0v) is 11.9. The minimum absolute atomic E-state index is 0.143. The molecule has 0 fully saturated rings. The molecular weight excluding hydrogens is 247 g/mol. The van der Waals surface area contributed by atoms with Gasteiger partial charge in [0.1, 0.15) is 5.82 Å². The van der Waals surface area contributed by atoms with Gasteiger partial charge in [-0.15, -0.1) is 11.3 Å². The Balaban J connectivity index is 2.52. The fourth-order valence-corrected chi connectivity index (χ4v) is 3.09. The monoisotopic (exact) mass is 266 g/mol. The summed E-state index contributed by atoms with van der Waals surface area (Å²) in [5.74, 6) is -0.143. The number of nitrogens with two attached hydrogens (primary N) is 1. The molecule has 2 aromatic rings. The van der Waals surface area contributed by atoms with Gasteiger partial charge in [0, 0.05) is 34.1 Å². The molecule has 98 valence electrons. The van der Waals surface area contributed by atoms with E-state index in [0.29, 0.717) is 12.6 Å². The first-order valence-electron chi connectivity index (χ1n) is 6.13. The van der Waals surface area contributed by atoms with Gasteiger partial charge in [0.2, 0.25) is 0 Å². The Kier molecular flexibility index (Phi) is 4.00. The van der Waals surface area contributed by atoms with E-state index in [1.165, 1.54) is 6.07 Å². The molecule has 2 rings (SSSR count). The predicted octanol–water partition coefficient (Wildman–Crippen LogP) is 3.34. The molecule has 0 aliphatic rings. The normalized spacial score (nSPS) is 11.9. The van der Waals surface area contributed by atoms with Crippen molar-refractivity contribution in [1.82, 2.24) is 4.90 Å². The highest BCUT2D eigenvalue weighted by Crippen LogP contribution is 2.33. The molecule has 0 saturated heterocycles. The third-order valence-electron chi connectivity index (χ3n) is 3.32. The number of halogens is 1. The van der Waals surface area contributed by atoms with Crippen LogP contribution in [0.2, 0.25) is 0 Å². The quantitative estimate of drug-likeness (QED) is 0.919. The van der Waals surface area contributed by atoms with E-state index in [0.717, 1.165) is 27.1 Å². The van der Waals surface area contributed by atoms with Crippen molar-refractivity contribution in [2.24, 2.45) is 5.73 Å². The summed E-state index contributed by atoms with van der Waals surface area (Å²) in [6.45, 7) is 5.48. The zero-order chi connectivity index (χ0) is 13.3. The molecule has 0 aliphatic carbocycles. The van der Waals surface area contributed by atoms with Crippen LogP contribution in [0.25, 0.3) is 10.1 Å². The molecule has 0 bridgehead atoms. The Labute approximate surface area is 111 Å². The van der Waals surface area contributed by atoms with Crippen molar-refractivity contribution >= 4 is 21.4 Å². The first-order valence-corrected chi connectivity index (χ1v) is 6.95. The van der Waals surface area contributed by atoms with Gasteiger partial charge in [-0.25, -0.2) is 4.39 Å². The van der Waals surface area contributed by atoms with Gasteiger partial charge in [-0.3, -0.25) is 4.90 Å².